The summed E-state index contributed by atoms with van der Waals surface area (Å²) in [5, 5.41) is 10.9. The Hall–Kier alpha value is -1.81. The monoisotopic (exact) mass is 289 g/mol. The molecule has 0 heterocycles. The van der Waals surface area contributed by atoms with Crippen LogP contribution in [0, 0.1) is 5.92 Å². The van der Waals surface area contributed by atoms with Crippen molar-refractivity contribution < 1.29 is 14.7 Å². The summed E-state index contributed by atoms with van der Waals surface area (Å²) in [5.41, 5.74) is 0.579. The molecule has 4 heteroatoms. The van der Waals surface area contributed by atoms with Gasteiger partial charge in [-0.3, -0.25) is 5.21 Å². The van der Waals surface area contributed by atoms with Crippen molar-refractivity contribution in [3.05, 3.63) is 48.0 Å². The molecule has 1 aliphatic rings. The Morgan fingerprint density at radius 3 is 2.62 bits per heavy atom. The Morgan fingerprint density at radius 1 is 1.33 bits per heavy atom. The molecule has 0 radical (unpaired) electrons. The Labute approximate surface area is 126 Å². The maximum Gasteiger partial charge on any atom is 0.434 e. The van der Waals surface area contributed by atoms with Crippen molar-refractivity contribution in [2.75, 3.05) is 0 Å². The predicted octanol–water partition coefficient (Wildman–Crippen LogP) is 3.80. The van der Waals surface area contributed by atoms with Crippen molar-refractivity contribution in [3.63, 3.8) is 0 Å². The second kappa shape index (κ2) is 6.31. The highest BCUT2D eigenvalue weighted by Crippen LogP contribution is 2.27. The van der Waals surface area contributed by atoms with E-state index in [2.05, 4.69) is 18.2 Å². The average Bonchev–Trinajstić information content (AvgIpc) is 2.85. The Bertz CT molecular complexity index is 505. The molecule has 0 spiro atoms. The molecule has 0 saturated heterocycles. The van der Waals surface area contributed by atoms with E-state index in [1.54, 1.807) is 20.8 Å². The molecule has 4 nitrogen and oxygen atoms in total. The molecule has 0 fully saturated rings. The highest BCUT2D eigenvalue weighted by atomic mass is 16.6. The first-order valence-electron chi connectivity index (χ1n) is 7.28. The third kappa shape index (κ3) is 4.33. The second-order valence-corrected chi connectivity index (χ2v) is 6.41. The molecule has 1 aromatic rings. The van der Waals surface area contributed by atoms with Gasteiger partial charge in [-0.1, -0.05) is 42.5 Å². The smallest absolute Gasteiger partial charge is 0.434 e. The molecular formula is C17H23NO3. The van der Waals surface area contributed by atoms with E-state index < -0.39 is 11.7 Å². The molecule has 0 aliphatic heterocycles. The van der Waals surface area contributed by atoms with Gasteiger partial charge < -0.3 is 4.74 Å². The molecule has 0 saturated carbocycles. The van der Waals surface area contributed by atoms with E-state index in [1.165, 1.54) is 5.56 Å². The minimum atomic E-state index is -0.686. The fourth-order valence-electron chi connectivity index (χ4n) is 2.51. The van der Waals surface area contributed by atoms with Crippen LogP contribution in [0.2, 0.25) is 0 Å². The first kappa shape index (κ1) is 15.6. The molecule has 0 aromatic heterocycles. The lowest BCUT2D eigenvalue weighted by atomic mass is 9.95. The van der Waals surface area contributed by atoms with Crippen molar-refractivity contribution in [2.24, 2.45) is 5.92 Å². The van der Waals surface area contributed by atoms with E-state index in [1.807, 2.05) is 24.3 Å². The average molecular weight is 289 g/mol. The summed E-state index contributed by atoms with van der Waals surface area (Å²) in [4.78, 5) is 12.0. The Balaban J connectivity index is 2.00. The van der Waals surface area contributed by atoms with Gasteiger partial charge in [0.05, 0.1) is 6.04 Å². The van der Waals surface area contributed by atoms with Gasteiger partial charge in [0, 0.05) is 5.92 Å². The first-order chi connectivity index (χ1) is 9.87. The summed E-state index contributed by atoms with van der Waals surface area (Å²) >= 11 is 0. The molecule has 1 aliphatic carbocycles. The minimum absolute atomic E-state index is 0.102. The third-order valence-electron chi connectivity index (χ3n) is 3.46. The van der Waals surface area contributed by atoms with Crippen molar-refractivity contribution in [3.8, 4) is 0 Å². The van der Waals surface area contributed by atoms with Crippen LogP contribution in [0.1, 0.15) is 32.8 Å². The lowest BCUT2D eigenvalue weighted by Gasteiger charge is -2.30. The molecule has 0 bridgehead atoms. The first-order valence-corrected chi connectivity index (χ1v) is 7.28. The van der Waals surface area contributed by atoms with Crippen LogP contribution in [0.4, 0.5) is 4.79 Å². The number of carbonyl (C=O) groups is 1. The molecule has 114 valence electrons. The van der Waals surface area contributed by atoms with Crippen molar-refractivity contribution in [1.29, 1.82) is 0 Å². The van der Waals surface area contributed by atoms with Crippen LogP contribution >= 0.6 is 0 Å². The number of rotatable bonds is 3. The van der Waals surface area contributed by atoms with Gasteiger partial charge in [0.15, 0.2) is 0 Å². The van der Waals surface area contributed by atoms with E-state index in [0.717, 1.165) is 11.5 Å². The van der Waals surface area contributed by atoms with Crippen LogP contribution in [-0.2, 0) is 11.2 Å². The van der Waals surface area contributed by atoms with Crippen LogP contribution in [0.3, 0.4) is 0 Å². The van der Waals surface area contributed by atoms with Gasteiger partial charge in [0.2, 0.25) is 0 Å². The Kier molecular flexibility index (Phi) is 4.68. The zero-order valence-corrected chi connectivity index (χ0v) is 12.8. The largest absolute Gasteiger partial charge is 0.442 e. The normalized spacial score (nSPS) is 21.3. The molecule has 1 aromatic carbocycles. The lowest BCUT2D eigenvalue weighted by molar-refractivity contribution is -0.125. The van der Waals surface area contributed by atoms with Crippen molar-refractivity contribution in [1.82, 2.24) is 5.06 Å². The third-order valence-corrected chi connectivity index (χ3v) is 3.46. The maximum absolute atomic E-state index is 12.0. The standard InChI is InChI=1S/C17H23NO3/c1-17(2,3)21-16(19)18(20)15-11-7-10-14(15)12-13-8-5-4-6-9-13/h4-10,14-15,20H,11-12H2,1-3H3/t14-,15+/m0/s1. The van der Waals surface area contributed by atoms with E-state index in [-0.39, 0.29) is 12.0 Å². The molecule has 2 rings (SSSR count). The minimum Gasteiger partial charge on any atom is -0.442 e. The van der Waals surface area contributed by atoms with E-state index in [0.29, 0.717) is 6.42 Å². The second-order valence-electron chi connectivity index (χ2n) is 6.41. The highest BCUT2D eigenvalue weighted by molar-refractivity contribution is 5.67. The fraction of sp³-hybridized carbons (Fsp3) is 0.471. The number of amides is 1. The van der Waals surface area contributed by atoms with Crippen LogP contribution in [0.25, 0.3) is 0 Å². The van der Waals surface area contributed by atoms with E-state index >= 15 is 0 Å². The molecule has 21 heavy (non-hydrogen) atoms. The predicted molar refractivity (Wildman–Crippen MR) is 81.0 cm³/mol. The molecule has 1 amide bonds. The number of nitrogens with zero attached hydrogens (tertiary/aromatic N) is 1. The number of ether oxygens (including phenoxy) is 1. The van der Waals surface area contributed by atoms with Crippen LogP contribution in [0.15, 0.2) is 42.5 Å². The van der Waals surface area contributed by atoms with Crippen LogP contribution in [-0.4, -0.2) is 28.0 Å². The quantitative estimate of drug-likeness (QED) is 0.523. The highest BCUT2D eigenvalue weighted by Gasteiger charge is 2.33. The number of hydrogen-bond acceptors (Lipinski definition) is 3. The summed E-state index contributed by atoms with van der Waals surface area (Å²) in [6.45, 7) is 5.35. The molecule has 1 N–H and O–H groups in total. The summed E-state index contributed by atoms with van der Waals surface area (Å²) in [6.07, 6.45) is 4.82. The van der Waals surface area contributed by atoms with Gasteiger partial charge >= 0.3 is 6.09 Å². The van der Waals surface area contributed by atoms with Crippen LogP contribution in [0.5, 0.6) is 0 Å². The lowest BCUT2D eigenvalue weighted by Crippen LogP contribution is -2.43. The van der Waals surface area contributed by atoms with Crippen LogP contribution < -0.4 is 0 Å². The van der Waals surface area contributed by atoms with Gasteiger partial charge in [0.25, 0.3) is 0 Å². The summed E-state index contributed by atoms with van der Waals surface area (Å²) in [5.74, 6) is 0.102. The number of benzene rings is 1. The topological polar surface area (TPSA) is 49.8 Å². The molecule has 0 unspecified atom stereocenters. The number of carbonyl (C=O) groups excluding carboxylic acids is 1. The van der Waals surface area contributed by atoms with E-state index in [9.17, 15) is 10.0 Å². The zero-order chi connectivity index (χ0) is 15.5. The van der Waals surface area contributed by atoms with Crippen molar-refractivity contribution in [2.45, 2.75) is 45.3 Å². The molecule has 2 atom stereocenters. The van der Waals surface area contributed by atoms with Gasteiger partial charge in [0.1, 0.15) is 5.60 Å². The Morgan fingerprint density at radius 2 is 2.00 bits per heavy atom. The van der Waals surface area contributed by atoms with Gasteiger partial charge in [-0.2, -0.15) is 5.06 Å². The fourth-order valence-corrected chi connectivity index (χ4v) is 2.51. The SMILES string of the molecule is CC(C)(C)OC(=O)N(O)[C@@H]1CC=C[C@H]1Cc1ccccc1. The van der Waals surface area contributed by atoms with Gasteiger partial charge in [-0.15, -0.1) is 0 Å². The van der Waals surface area contributed by atoms with E-state index in [4.69, 9.17) is 4.74 Å². The summed E-state index contributed by atoms with van der Waals surface area (Å²) in [7, 11) is 0. The summed E-state index contributed by atoms with van der Waals surface area (Å²) < 4.78 is 5.22. The maximum atomic E-state index is 12.0. The summed E-state index contributed by atoms with van der Waals surface area (Å²) in [6, 6.07) is 9.81. The van der Waals surface area contributed by atoms with Gasteiger partial charge in [-0.05, 0) is 39.2 Å². The van der Waals surface area contributed by atoms with Crippen molar-refractivity contribution >= 4 is 6.09 Å². The number of hydroxylamine groups is 2. The molecular weight excluding hydrogens is 266 g/mol. The zero-order valence-electron chi connectivity index (χ0n) is 12.8. The number of hydrogen-bond donors (Lipinski definition) is 1. The van der Waals surface area contributed by atoms with Gasteiger partial charge in [-0.25, -0.2) is 4.79 Å².